The van der Waals surface area contributed by atoms with Gasteiger partial charge in [0, 0.05) is 36.8 Å². The van der Waals surface area contributed by atoms with Gasteiger partial charge in [-0.15, -0.1) is 0 Å². The molecule has 1 saturated heterocycles. The van der Waals surface area contributed by atoms with Crippen LogP contribution in [0, 0.1) is 11.7 Å². The minimum atomic E-state index is -0.245. The molecule has 1 aromatic heterocycles. The summed E-state index contributed by atoms with van der Waals surface area (Å²) in [5.41, 5.74) is 8.85. The zero-order valence-corrected chi connectivity index (χ0v) is 23.5. The fourth-order valence-electron chi connectivity index (χ4n) is 5.91. The highest BCUT2D eigenvalue weighted by Gasteiger charge is 2.31. The number of hydrogen-bond acceptors (Lipinski definition) is 5. The second-order valence-corrected chi connectivity index (χ2v) is 11.2. The second kappa shape index (κ2) is 14.6. The van der Waals surface area contributed by atoms with E-state index in [2.05, 4.69) is 28.3 Å². The van der Waals surface area contributed by atoms with E-state index in [0.29, 0.717) is 12.0 Å². The molecule has 1 fully saturated rings. The number of likely N-dealkylation sites (tertiary alicyclic amines) is 1. The van der Waals surface area contributed by atoms with Gasteiger partial charge in [0.2, 0.25) is 5.96 Å². The van der Waals surface area contributed by atoms with Gasteiger partial charge in [-0.05, 0) is 50.1 Å². The Labute approximate surface area is 228 Å². The summed E-state index contributed by atoms with van der Waals surface area (Å²) in [4.78, 5) is 16.4. The number of halogens is 1. The average molecular weight is 523 g/mol. The molecule has 208 valence electrons. The molecule has 2 atom stereocenters. The molecular weight excluding hydrogens is 475 g/mol. The molecule has 0 amide bonds. The Kier molecular flexibility index (Phi) is 10.9. The number of hydrogen-bond donors (Lipinski definition) is 1. The van der Waals surface area contributed by atoms with E-state index in [4.69, 9.17) is 15.7 Å². The molecule has 0 spiro atoms. The van der Waals surface area contributed by atoms with Gasteiger partial charge < -0.3 is 15.2 Å². The molecule has 7 heteroatoms. The van der Waals surface area contributed by atoms with E-state index in [-0.39, 0.29) is 17.8 Å². The van der Waals surface area contributed by atoms with Crippen molar-refractivity contribution in [2.75, 3.05) is 19.6 Å². The number of rotatable bonds is 14. The van der Waals surface area contributed by atoms with Crippen LogP contribution in [0.4, 0.5) is 4.39 Å². The fraction of sp³-hybridized carbons (Fsp3) is 0.645. The number of guanidine groups is 1. The number of benzene rings is 1. The monoisotopic (exact) mass is 522 g/mol. The molecule has 3 heterocycles. The second-order valence-electron chi connectivity index (χ2n) is 11.2. The van der Waals surface area contributed by atoms with Crippen LogP contribution in [-0.2, 0) is 0 Å². The Balaban J connectivity index is 1.31. The van der Waals surface area contributed by atoms with Gasteiger partial charge in [0.25, 0.3) is 0 Å². The highest BCUT2D eigenvalue weighted by molar-refractivity contribution is 5.89. The van der Waals surface area contributed by atoms with E-state index in [1.165, 1.54) is 82.9 Å². The first-order valence-corrected chi connectivity index (χ1v) is 15.0. The Hall–Kier alpha value is -2.54. The molecular formula is C31H47FN6. The first-order valence-electron chi connectivity index (χ1n) is 15.0. The molecule has 2 aliphatic heterocycles. The van der Waals surface area contributed by atoms with Crippen molar-refractivity contribution in [3.05, 3.63) is 42.1 Å². The summed E-state index contributed by atoms with van der Waals surface area (Å²) in [5.74, 6) is 0.163. The molecule has 2 aliphatic rings. The number of nitrogens with two attached hydrogens (primary N) is 1. The lowest BCUT2D eigenvalue weighted by Gasteiger charge is -2.34. The van der Waals surface area contributed by atoms with Crippen LogP contribution < -0.4 is 5.73 Å². The number of unbranched alkanes of at least 4 members (excludes halogenated alkanes) is 9. The predicted molar refractivity (Wildman–Crippen MR) is 156 cm³/mol. The van der Waals surface area contributed by atoms with E-state index in [9.17, 15) is 4.39 Å². The van der Waals surface area contributed by atoms with Crippen molar-refractivity contribution in [3.63, 3.8) is 0 Å². The highest BCUT2D eigenvalue weighted by Crippen LogP contribution is 2.38. The Bertz CT molecular complexity index is 1040. The van der Waals surface area contributed by atoms with Crippen molar-refractivity contribution in [3.8, 4) is 11.3 Å². The van der Waals surface area contributed by atoms with E-state index in [0.717, 1.165) is 42.9 Å². The van der Waals surface area contributed by atoms with Crippen molar-refractivity contribution in [2.45, 2.75) is 103 Å². The first-order chi connectivity index (χ1) is 18.6. The van der Waals surface area contributed by atoms with Crippen LogP contribution in [0.1, 0.15) is 109 Å². The van der Waals surface area contributed by atoms with Crippen molar-refractivity contribution < 1.29 is 4.39 Å². The largest absolute Gasteiger partial charge is 0.368 e. The van der Waals surface area contributed by atoms with Crippen molar-refractivity contribution >= 4 is 12.2 Å². The summed E-state index contributed by atoms with van der Waals surface area (Å²) in [6.45, 7) is 7.82. The van der Waals surface area contributed by atoms with Gasteiger partial charge in [0.15, 0.2) is 0 Å². The SMILES string of the molecule is CCCCCCCCCCCCN1CCC(n2cnc(-c3ccc(F)cc3)c2C2N=C(N)N=CC2C)CC1. The third-order valence-electron chi connectivity index (χ3n) is 8.22. The zero-order valence-electron chi connectivity index (χ0n) is 23.5. The number of aliphatic imine (C=N–C) groups is 2. The summed E-state index contributed by atoms with van der Waals surface area (Å²) < 4.78 is 16.0. The molecule has 2 unspecified atom stereocenters. The number of nitrogens with zero attached hydrogens (tertiary/aromatic N) is 5. The predicted octanol–water partition coefficient (Wildman–Crippen LogP) is 7.32. The third kappa shape index (κ3) is 7.75. The molecule has 0 bridgehead atoms. The summed E-state index contributed by atoms with van der Waals surface area (Å²) >= 11 is 0. The lowest BCUT2D eigenvalue weighted by Crippen LogP contribution is -2.36. The topological polar surface area (TPSA) is 71.8 Å². The molecule has 0 radical (unpaired) electrons. The van der Waals surface area contributed by atoms with Crippen LogP contribution in [-0.4, -0.2) is 46.3 Å². The molecule has 2 aromatic rings. The maximum atomic E-state index is 13.6. The minimum Gasteiger partial charge on any atom is -0.368 e. The summed E-state index contributed by atoms with van der Waals surface area (Å²) in [7, 11) is 0. The van der Waals surface area contributed by atoms with E-state index < -0.39 is 0 Å². The van der Waals surface area contributed by atoms with Gasteiger partial charge >= 0.3 is 0 Å². The molecule has 0 saturated carbocycles. The van der Waals surface area contributed by atoms with Crippen LogP contribution in [0.25, 0.3) is 11.3 Å². The van der Waals surface area contributed by atoms with Gasteiger partial charge in [0.1, 0.15) is 11.9 Å². The van der Waals surface area contributed by atoms with Gasteiger partial charge in [-0.2, -0.15) is 0 Å². The maximum absolute atomic E-state index is 13.6. The van der Waals surface area contributed by atoms with E-state index in [1.54, 1.807) is 12.1 Å². The van der Waals surface area contributed by atoms with Crippen LogP contribution in [0.3, 0.4) is 0 Å². The number of imidazole rings is 1. The summed E-state index contributed by atoms with van der Waals surface area (Å²) in [6, 6.07) is 6.81. The van der Waals surface area contributed by atoms with Crippen LogP contribution in [0.15, 0.2) is 40.6 Å². The smallest absolute Gasteiger partial charge is 0.215 e. The lowest BCUT2D eigenvalue weighted by atomic mass is 9.94. The quantitative estimate of drug-likeness (QED) is 0.264. The number of piperidine rings is 1. The maximum Gasteiger partial charge on any atom is 0.215 e. The summed E-state index contributed by atoms with van der Waals surface area (Å²) in [6.07, 6.45) is 19.8. The molecule has 1 aromatic carbocycles. The fourth-order valence-corrected chi connectivity index (χ4v) is 5.91. The third-order valence-corrected chi connectivity index (χ3v) is 8.22. The first kappa shape index (κ1) is 28.5. The van der Waals surface area contributed by atoms with Crippen molar-refractivity contribution in [1.82, 2.24) is 14.5 Å². The van der Waals surface area contributed by atoms with Gasteiger partial charge in [-0.1, -0.05) is 71.6 Å². The van der Waals surface area contributed by atoms with Crippen LogP contribution in [0.2, 0.25) is 0 Å². The van der Waals surface area contributed by atoms with Crippen LogP contribution >= 0.6 is 0 Å². The van der Waals surface area contributed by atoms with Gasteiger partial charge in [-0.3, -0.25) is 0 Å². The normalized spacial score (nSPS) is 20.7. The standard InChI is InChI=1S/C31H47FN6/c1-3-4-5-6-7-8-9-10-11-12-19-37-20-17-27(18-21-37)38-23-35-29(25-13-15-26(32)16-14-25)30(38)28-24(2)22-34-31(33)36-28/h13-16,22-24,27-28H,3-12,17-21H2,1-2H3,(H2,33,36). The molecule has 2 N–H and O–H groups in total. The van der Waals surface area contributed by atoms with E-state index in [1.807, 2.05) is 12.5 Å². The van der Waals surface area contributed by atoms with Crippen molar-refractivity contribution in [2.24, 2.45) is 21.6 Å². The zero-order chi connectivity index (χ0) is 26.7. The molecule has 0 aliphatic carbocycles. The highest BCUT2D eigenvalue weighted by atomic mass is 19.1. The molecule has 6 nitrogen and oxygen atoms in total. The Morgan fingerprint density at radius 1 is 0.921 bits per heavy atom. The Morgan fingerprint density at radius 3 is 2.21 bits per heavy atom. The summed E-state index contributed by atoms with van der Waals surface area (Å²) in [5, 5.41) is 0. The van der Waals surface area contributed by atoms with E-state index >= 15 is 0 Å². The number of aromatic nitrogens is 2. The Morgan fingerprint density at radius 2 is 1.55 bits per heavy atom. The van der Waals surface area contributed by atoms with Crippen LogP contribution in [0.5, 0.6) is 0 Å². The minimum absolute atomic E-state index is 0.105. The lowest BCUT2D eigenvalue weighted by molar-refractivity contribution is 0.181. The molecule has 4 rings (SSSR count). The van der Waals surface area contributed by atoms with Crippen molar-refractivity contribution in [1.29, 1.82) is 0 Å². The van der Waals surface area contributed by atoms with Gasteiger partial charge in [-0.25, -0.2) is 19.4 Å². The average Bonchev–Trinajstić information content (AvgIpc) is 3.37. The molecule has 38 heavy (non-hydrogen) atoms. The van der Waals surface area contributed by atoms with Gasteiger partial charge in [0.05, 0.1) is 17.7 Å².